The van der Waals surface area contributed by atoms with E-state index in [1.165, 1.54) is 12.8 Å². The zero-order valence-corrected chi connectivity index (χ0v) is 17.2. The Morgan fingerprint density at radius 1 is 1.07 bits per heavy atom. The average Bonchev–Trinajstić information content (AvgIpc) is 3.29. The number of carbonyl (C=O) groups is 1. The number of anilines is 1. The molecule has 0 saturated carbocycles. The summed E-state index contributed by atoms with van der Waals surface area (Å²) in [6, 6.07) is 9.91. The molecule has 2 saturated heterocycles. The van der Waals surface area contributed by atoms with Crippen LogP contribution in [0.5, 0.6) is 0 Å². The van der Waals surface area contributed by atoms with Gasteiger partial charge in [-0.05, 0) is 62.6 Å². The van der Waals surface area contributed by atoms with Crippen LogP contribution in [0.3, 0.4) is 0 Å². The van der Waals surface area contributed by atoms with Gasteiger partial charge in [-0.2, -0.15) is 0 Å². The Kier molecular flexibility index (Phi) is 8.34. The fourth-order valence-corrected chi connectivity index (χ4v) is 3.80. The maximum atomic E-state index is 12.3. The number of nitrogens with one attached hydrogen (secondary N) is 2. The van der Waals surface area contributed by atoms with E-state index in [1.807, 2.05) is 47.5 Å². The first-order chi connectivity index (χ1) is 14.3. The summed E-state index contributed by atoms with van der Waals surface area (Å²) in [5, 5.41) is 6.31. The van der Waals surface area contributed by atoms with Gasteiger partial charge in [0, 0.05) is 31.9 Å². The fraction of sp³-hybridized carbons (Fsp3) is 0.435. The number of dihydropyridines is 1. The van der Waals surface area contributed by atoms with Gasteiger partial charge in [-0.15, -0.1) is 0 Å². The lowest BCUT2D eigenvalue weighted by molar-refractivity contribution is -0.134. The van der Waals surface area contributed by atoms with Gasteiger partial charge in [0.2, 0.25) is 5.91 Å². The highest BCUT2D eigenvalue weighted by Crippen LogP contribution is 2.11. The molecule has 1 aromatic rings. The van der Waals surface area contributed by atoms with Gasteiger partial charge in [0.1, 0.15) is 0 Å². The molecule has 1 atom stereocenters. The molecular formula is C23H33N5O. The zero-order valence-electron chi connectivity index (χ0n) is 17.2. The Balaban J connectivity index is 0.000000224. The van der Waals surface area contributed by atoms with E-state index >= 15 is 0 Å². The predicted molar refractivity (Wildman–Crippen MR) is 119 cm³/mol. The van der Waals surface area contributed by atoms with Crippen molar-refractivity contribution in [1.29, 1.82) is 0 Å². The van der Waals surface area contributed by atoms with Crippen molar-refractivity contribution in [3.63, 3.8) is 0 Å². The number of para-hydroxylation sites is 1. The van der Waals surface area contributed by atoms with E-state index in [4.69, 9.17) is 0 Å². The predicted octanol–water partition coefficient (Wildman–Crippen LogP) is 2.47. The summed E-state index contributed by atoms with van der Waals surface area (Å²) in [5.41, 5.74) is 1.08. The van der Waals surface area contributed by atoms with Crippen molar-refractivity contribution in [2.45, 2.75) is 19.0 Å². The number of carbonyl (C=O) groups excluding carboxylic acids is 1. The van der Waals surface area contributed by atoms with Crippen LogP contribution in [0.2, 0.25) is 0 Å². The van der Waals surface area contributed by atoms with Crippen molar-refractivity contribution in [1.82, 2.24) is 20.0 Å². The molecule has 0 spiro atoms. The van der Waals surface area contributed by atoms with Crippen LogP contribution in [0.15, 0.2) is 67.5 Å². The lowest BCUT2D eigenvalue weighted by Gasteiger charge is -2.39. The van der Waals surface area contributed by atoms with Gasteiger partial charge in [0.15, 0.2) is 0 Å². The lowest BCUT2D eigenvalue weighted by Crippen LogP contribution is -2.55. The number of allylic oxidation sites excluding steroid dienone is 2. The number of likely N-dealkylation sites (tertiary alicyclic amines) is 1. The zero-order chi connectivity index (χ0) is 20.3. The number of piperazine rings is 1. The van der Waals surface area contributed by atoms with Crippen molar-refractivity contribution in [3.05, 3.63) is 67.5 Å². The summed E-state index contributed by atoms with van der Waals surface area (Å²) in [4.78, 5) is 19.0. The Labute approximate surface area is 174 Å². The molecule has 6 nitrogen and oxygen atoms in total. The first-order valence-electron chi connectivity index (χ1n) is 10.5. The van der Waals surface area contributed by atoms with E-state index in [1.54, 1.807) is 6.20 Å². The van der Waals surface area contributed by atoms with Crippen molar-refractivity contribution < 1.29 is 4.79 Å². The van der Waals surface area contributed by atoms with Crippen LogP contribution < -0.4 is 10.6 Å². The second-order valence-electron chi connectivity index (χ2n) is 7.47. The molecule has 0 aliphatic carbocycles. The Morgan fingerprint density at radius 3 is 2.41 bits per heavy atom. The van der Waals surface area contributed by atoms with Crippen molar-refractivity contribution in [2.24, 2.45) is 0 Å². The van der Waals surface area contributed by atoms with E-state index < -0.39 is 0 Å². The van der Waals surface area contributed by atoms with Crippen LogP contribution in [-0.2, 0) is 4.79 Å². The molecule has 156 valence electrons. The standard InChI is InChI=1S/C15H24N4O.C8H9N/c20-15(13-17-7-3-4-8-17)19-11-9-18(10-12-19)14-5-1-2-6-16-14;1-2-9-8-6-4-3-5-7-8/h1-2,5-6,14,16H,3-4,7-13H2;2-7,9H,1H2. The maximum Gasteiger partial charge on any atom is 0.236 e. The average molecular weight is 396 g/mol. The molecule has 1 amide bonds. The number of amides is 1. The van der Waals surface area contributed by atoms with Crippen LogP contribution in [0.1, 0.15) is 12.8 Å². The van der Waals surface area contributed by atoms with E-state index in [9.17, 15) is 4.79 Å². The number of rotatable bonds is 5. The lowest BCUT2D eigenvalue weighted by atomic mass is 10.2. The quantitative estimate of drug-likeness (QED) is 0.802. The van der Waals surface area contributed by atoms with Crippen LogP contribution in [0.25, 0.3) is 0 Å². The molecule has 3 aliphatic heterocycles. The monoisotopic (exact) mass is 395 g/mol. The summed E-state index contributed by atoms with van der Waals surface area (Å²) >= 11 is 0. The molecule has 6 heteroatoms. The first-order valence-corrected chi connectivity index (χ1v) is 10.5. The summed E-state index contributed by atoms with van der Waals surface area (Å²) in [6.45, 7) is 9.94. The highest BCUT2D eigenvalue weighted by atomic mass is 16.2. The highest BCUT2D eigenvalue weighted by Gasteiger charge is 2.26. The molecule has 2 fully saturated rings. The van der Waals surface area contributed by atoms with Crippen LogP contribution >= 0.6 is 0 Å². The van der Waals surface area contributed by atoms with Crippen LogP contribution in [0.4, 0.5) is 5.69 Å². The van der Waals surface area contributed by atoms with E-state index in [2.05, 4.69) is 39.2 Å². The second-order valence-corrected chi connectivity index (χ2v) is 7.47. The Morgan fingerprint density at radius 2 is 1.79 bits per heavy atom. The van der Waals surface area contributed by atoms with Crippen LogP contribution in [-0.4, -0.2) is 72.6 Å². The van der Waals surface area contributed by atoms with Crippen molar-refractivity contribution >= 4 is 11.6 Å². The Hall–Kier alpha value is -2.57. The molecule has 1 unspecified atom stereocenters. The molecule has 3 aliphatic rings. The number of hydrogen-bond acceptors (Lipinski definition) is 5. The highest BCUT2D eigenvalue weighted by molar-refractivity contribution is 5.78. The third-order valence-corrected chi connectivity index (χ3v) is 5.43. The molecule has 2 N–H and O–H groups in total. The van der Waals surface area contributed by atoms with Gasteiger partial charge < -0.3 is 15.5 Å². The normalized spacial score (nSPS) is 21.8. The van der Waals surface area contributed by atoms with Crippen LogP contribution in [0, 0.1) is 0 Å². The van der Waals surface area contributed by atoms with E-state index in [0.717, 1.165) is 45.0 Å². The fourth-order valence-electron chi connectivity index (χ4n) is 3.80. The molecule has 29 heavy (non-hydrogen) atoms. The molecule has 0 aromatic heterocycles. The summed E-state index contributed by atoms with van der Waals surface area (Å²) in [6.07, 6.45) is 12.7. The minimum absolute atomic E-state index is 0.288. The minimum Gasteiger partial charge on any atom is -0.372 e. The number of benzene rings is 1. The topological polar surface area (TPSA) is 50.9 Å². The number of hydrogen-bond donors (Lipinski definition) is 2. The third-order valence-electron chi connectivity index (χ3n) is 5.43. The Bertz CT molecular complexity index is 688. The van der Waals surface area contributed by atoms with Gasteiger partial charge in [-0.1, -0.05) is 30.9 Å². The number of nitrogens with zero attached hydrogens (tertiary/aromatic N) is 3. The second kappa shape index (κ2) is 11.4. The first kappa shape index (κ1) is 21.1. The molecule has 0 radical (unpaired) electrons. The van der Waals surface area contributed by atoms with E-state index in [0.29, 0.717) is 12.5 Å². The largest absolute Gasteiger partial charge is 0.372 e. The van der Waals surface area contributed by atoms with Gasteiger partial charge >= 0.3 is 0 Å². The molecular weight excluding hydrogens is 362 g/mol. The van der Waals surface area contributed by atoms with Gasteiger partial charge in [-0.25, -0.2) is 0 Å². The smallest absolute Gasteiger partial charge is 0.236 e. The van der Waals surface area contributed by atoms with Gasteiger partial charge in [0.25, 0.3) is 0 Å². The van der Waals surface area contributed by atoms with E-state index in [-0.39, 0.29) is 6.17 Å². The minimum atomic E-state index is 0.288. The van der Waals surface area contributed by atoms with Crippen molar-refractivity contribution in [2.75, 3.05) is 51.1 Å². The van der Waals surface area contributed by atoms with Gasteiger partial charge in [0.05, 0.1) is 12.7 Å². The third kappa shape index (κ3) is 6.76. The molecule has 4 rings (SSSR count). The summed E-state index contributed by atoms with van der Waals surface area (Å²) in [5.74, 6) is 0.304. The summed E-state index contributed by atoms with van der Waals surface area (Å²) in [7, 11) is 0. The maximum absolute atomic E-state index is 12.3. The molecule has 0 bridgehead atoms. The summed E-state index contributed by atoms with van der Waals surface area (Å²) < 4.78 is 0. The molecule has 3 heterocycles. The SMILES string of the molecule is C=CNc1ccccc1.O=C(CN1CCCC1)N1CCN(C2C=CC=CN2)CC1. The molecule has 1 aromatic carbocycles. The van der Waals surface area contributed by atoms with Crippen molar-refractivity contribution in [3.8, 4) is 0 Å². The van der Waals surface area contributed by atoms with Gasteiger partial charge in [-0.3, -0.25) is 14.6 Å².